The van der Waals surface area contributed by atoms with Gasteiger partial charge in [-0.25, -0.2) is 0 Å². The second-order valence-corrected chi connectivity index (χ2v) is 5.23. The van der Waals surface area contributed by atoms with E-state index in [1.54, 1.807) is 0 Å². The van der Waals surface area contributed by atoms with Gasteiger partial charge in [-0.1, -0.05) is 45.4 Å². The normalized spacial score (nSPS) is 20.9. The lowest BCUT2D eigenvalue weighted by molar-refractivity contribution is -0.150. The van der Waals surface area contributed by atoms with Crippen molar-refractivity contribution in [1.82, 2.24) is 0 Å². The maximum atomic E-state index is 11.7. The largest absolute Gasteiger partial charge is 0.469 e. The first-order valence-electron chi connectivity index (χ1n) is 6.95. The molecule has 0 heterocycles. The molecule has 1 aliphatic rings. The smallest absolute Gasteiger partial charge is 0.311 e. The van der Waals surface area contributed by atoms with Gasteiger partial charge in [-0.3, -0.25) is 4.79 Å². The fraction of sp³-hybridized carbons (Fsp3) is 0.929. The molecule has 1 saturated carbocycles. The fourth-order valence-electron chi connectivity index (χ4n) is 2.84. The summed E-state index contributed by atoms with van der Waals surface area (Å²) >= 11 is 0. The molecule has 3 nitrogen and oxygen atoms in total. The molecule has 0 radical (unpaired) electrons. The molecule has 0 spiro atoms. The number of methoxy groups -OCH3 is 1. The lowest BCUT2D eigenvalue weighted by Gasteiger charge is -2.27. The highest BCUT2D eigenvalue weighted by Crippen LogP contribution is 2.31. The molecule has 3 heteroatoms. The van der Waals surface area contributed by atoms with Crippen molar-refractivity contribution in [1.29, 1.82) is 0 Å². The standard InChI is InChI=1S/C14H26O3/c1-3-7-13(15)12(14(16)17-2)10-11-8-5-4-6-9-11/h11-13,15H,3-10H2,1-2H3/t12-,13+/m0/s1. The number of hydrogen-bond donors (Lipinski definition) is 1. The monoisotopic (exact) mass is 242 g/mol. The molecular formula is C14H26O3. The van der Waals surface area contributed by atoms with Crippen LogP contribution >= 0.6 is 0 Å². The lowest BCUT2D eigenvalue weighted by atomic mass is 9.80. The predicted octanol–water partition coefficient (Wildman–Crippen LogP) is 2.91. The first-order chi connectivity index (χ1) is 8.19. The molecule has 1 N–H and O–H groups in total. The summed E-state index contributed by atoms with van der Waals surface area (Å²) in [5.41, 5.74) is 0. The molecule has 1 rings (SSSR count). The minimum absolute atomic E-state index is 0.239. The van der Waals surface area contributed by atoms with Crippen LogP contribution in [-0.4, -0.2) is 24.3 Å². The molecule has 1 fully saturated rings. The summed E-state index contributed by atoms with van der Waals surface area (Å²) in [6.07, 6.45) is 8.11. The van der Waals surface area contributed by atoms with E-state index in [4.69, 9.17) is 4.74 Å². The number of carbonyl (C=O) groups is 1. The van der Waals surface area contributed by atoms with Crippen LogP contribution < -0.4 is 0 Å². The van der Waals surface area contributed by atoms with Crippen LogP contribution in [0, 0.1) is 11.8 Å². The van der Waals surface area contributed by atoms with Crippen LogP contribution in [0.2, 0.25) is 0 Å². The Hall–Kier alpha value is -0.570. The number of esters is 1. The van der Waals surface area contributed by atoms with Crippen molar-refractivity contribution in [3.05, 3.63) is 0 Å². The summed E-state index contributed by atoms with van der Waals surface area (Å²) in [5, 5.41) is 10.0. The number of ether oxygens (including phenoxy) is 1. The number of carbonyl (C=O) groups excluding carboxylic acids is 1. The van der Waals surface area contributed by atoms with Crippen molar-refractivity contribution in [2.24, 2.45) is 11.8 Å². The second kappa shape index (κ2) is 7.70. The van der Waals surface area contributed by atoms with Gasteiger partial charge in [0.2, 0.25) is 0 Å². The third-order valence-electron chi connectivity index (χ3n) is 3.86. The molecule has 0 aromatic heterocycles. The van der Waals surface area contributed by atoms with Crippen LogP contribution in [0.3, 0.4) is 0 Å². The lowest BCUT2D eigenvalue weighted by Crippen LogP contribution is -2.31. The van der Waals surface area contributed by atoms with E-state index in [9.17, 15) is 9.90 Å². The van der Waals surface area contributed by atoms with Crippen molar-refractivity contribution in [2.45, 2.75) is 64.4 Å². The number of aliphatic hydroxyl groups is 1. The van der Waals surface area contributed by atoms with E-state index >= 15 is 0 Å². The average molecular weight is 242 g/mol. The summed E-state index contributed by atoms with van der Waals surface area (Å²) in [4.78, 5) is 11.7. The van der Waals surface area contributed by atoms with Crippen LogP contribution in [0.15, 0.2) is 0 Å². The highest BCUT2D eigenvalue weighted by atomic mass is 16.5. The first kappa shape index (κ1) is 14.5. The van der Waals surface area contributed by atoms with Crippen LogP contribution in [0.4, 0.5) is 0 Å². The Labute approximate surface area is 105 Å². The minimum Gasteiger partial charge on any atom is -0.469 e. The average Bonchev–Trinajstić information content (AvgIpc) is 2.36. The maximum absolute atomic E-state index is 11.7. The van der Waals surface area contributed by atoms with E-state index in [0.717, 1.165) is 12.8 Å². The molecule has 1 aliphatic carbocycles. The molecule has 2 atom stereocenters. The third-order valence-corrected chi connectivity index (χ3v) is 3.86. The molecular weight excluding hydrogens is 216 g/mol. The van der Waals surface area contributed by atoms with Gasteiger partial charge in [0, 0.05) is 0 Å². The second-order valence-electron chi connectivity index (χ2n) is 5.23. The van der Waals surface area contributed by atoms with Crippen LogP contribution in [0.25, 0.3) is 0 Å². The summed E-state index contributed by atoms with van der Waals surface area (Å²) in [7, 11) is 1.41. The van der Waals surface area contributed by atoms with E-state index in [0.29, 0.717) is 12.3 Å². The quantitative estimate of drug-likeness (QED) is 0.728. The number of hydrogen-bond acceptors (Lipinski definition) is 3. The predicted molar refractivity (Wildman–Crippen MR) is 67.6 cm³/mol. The molecule has 0 saturated heterocycles. The van der Waals surface area contributed by atoms with Crippen molar-refractivity contribution in [2.75, 3.05) is 7.11 Å². The van der Waals surface area contributed by atoms with Crippen LogP contribution in [0.1, 0.15) is 58.3 Å². The van der Waals surface area contributed by atoms with E-state index in [1.807, 2.05) is 6.92 Å². The molecule has 0 aromatic rings. The van der Waals surface area contributed by atoms with Gasteiger partial charge in [-0.2, -0.15) is 0 Å². The van der Waals surface area contributed by atoms with Crippen molar-refractivity contribution in [3.8, 4) is 0 Å². The van der Waals surface area contributed by atoms with Crippen molar-refractivity contribution >= 4 is 5.97 Å². The SMILES string of the molecule is CCC[C@@H](O)[C@H](CC1CCCCC1)C(=O)OC. The van der Waals surface area contributed by atoms with Gasteiger partial charge in [0.25, 0.3) is 0 Å². The van der Waals surface area contributed by atoms with Crippen LogP contribution in [-0.2, 0) is 9.53 Å². The van der Waals surface area contributed by atoms with Crippen LogP contribution in [0.5, 0.6) is 0 Å². The first-order valence-corrected chi connectivity index (χ1v) is 6.95. The summed E-state index contributed by atoms with van der Waals surface area (Å²) in [5.74, 6) is 0.0407. The van der Waals surface area contributed by atoms with Crippen molar-refractivity contribution in [3.63, 3.8) is 0 Å². The zero-order valence-corrected chi connectivity index (χ0v) is 11.2. The minimum atomic E-state index is -0.533. The highest BCUT2D eigenvalue weighted by Gasteiger charge is 2.30. The molecule has 0 aromatic carbocycles. The highest BCUT2D eigenvalue weighted by molar-refractivity contribution is 5.72. The van der Waals surface area contributed by atoms with Gasteiger partial charge in [0.15, 0.2) is 0 Å². The van der Waals surface area contributed by atoms with E-state index in [2.05, 4.69) is 0 Å². The van der Waals surface area contributed by atoms with E-state index in [-0.39, 0.29) is 11.9 Å². The van der Waals surface area contributed by atoms with Gasteiger partial charge in [-0.05, 0) is 18.8 Å². The summed E-state index contributed by atoms with van der Waals surface area (Å²) in [6.45, 7) is 2.03. The molecule has 0 unspecified atom stereocenters. The summed E-state index contributed by atoms with van der Waals surface area (Å²) in [6, 6.07) is 0. The Morgan fingerprint density at radius 3 is 2.53 bits per heavy atom. The van der Waals surface area contributed by atoms with Gasteiger partial charge in [0.05, 0.1) is 19.1 Å². The Morgan fingerprint density at radius 2 is 2.00 bits per heavy atom. The van der Waals surface area contributed by atoms with Crippen molar-refractivity contribution < 1.29 is 14.6 Å². The molecule has 0 amide bonds. The topological polar surface area (TPSA) is 46.5 Å². The maximum Gasteiger partial charge on any atom is 0.311 e. The van der Waals surface area contributed by atoms with Gasteiger partial charge >= 0.3 is 5.97 Å². The number of rotatable bonds is 6. The zero-order valence-electron chi connectivity index (χ0n) is 11.2. The number of aliphatic hydroxyl groups excluding tert-OH is 1. The van der Waals surface area contributed by atoms with E-state index in [1.165, 1.54) is 39.2 Å². The molecule has 17 heavy (non-hydrogen) atoms. The zero-order chi connectivity index (χ0) is 12.7. The van der Waals surface area contributed by atoms with Gasteiger partial charge in [0.1, 0.15) is 0 Å². The molecule has 100 valence electrons. The fourth-order valence-corrected chi connectivity index (χ4v) is 2.84. The third kappa shape index (κ3) is 4.66. The van der Waals surface area contributed by atoms with E-state index < -0.39 is 6.10 Å². The summed E-state index contributed by atoms with van der Waals surface area (Å²) < 4.78 is 4.82. The Kier molecular flexibility index (Phi) is 6.56. The van der Waals surface area contributed by atoms with Gasteiger partial charge in [-0.15, -0.1) is 0 Å². The molecule has 0 bridgehead atoms. The molecule has 0 aliphatic heterocycles. The Morgan fingerprint density at radius 1 is 1.35 bits per heavy atom. The Bertz CT molecular complexity index is 222. The Balaban J connectivity index is 2.52. The van der Waals surface area contributed by atoms with Gasteiger partial charge < -0.3 is 9.84 Å².